The van der Waals surface area contributed by atoms with Crippen LogP contribution in [-0.2, 0) is 17.8 Å². The van der Waals surface area contributed by atoms with Gasteiger partial charge in [-0.2, -0.15) is 0 Å². The van der Waals surface area contributed by atoms with E-state index in [1.54, 1.807) is 18.2 Å². The van der Waals surface area contributed by atoms with Gasteiger partial charge in [0.2, 0.25) is 5.89 Å². The summed E-state index contributed by atoms with van der Waals surface area (Å²) in [6.07, 6.45) is 3.76. The molecular formula is C17H16N6O4. The minimum absolute atomic E-state index is 0.347. The Balaban J connectivity index is 1.52. The van der Waals surface area contributed by atoms with Gasteiger partial charge < -0.3 is 19.5 Å². The van der Waals surface area contributed by atoms with Gasteiger partial charge in [0.25, 0.3) is 5.91 Å². The lowest BCUT2D eigenvalue weighted by atomic mass is 10.1. The highest BCUT2D eigenvalue weighted by molar-refractivity contribution is 6.04. The molecule has 1 atom stereocenters. The van der Waals surface area contributed by atoms with Crippen LogP contribution in [0, 0.1) is 0 Å². The number of urea groups is 1. The van der Waals surface area contributed by atoms with Crippen LogP contribution in [0.15, 0.2) is 31.7 Å². The monoisotopic (exact) mass is 368 g/mol. The Hall–Kier alpha value is -3.65. The molecule has 1 fully saturated rings. The fraction of sp³-hybridized carbons (Fsp3) is 0.294. The lowest BCUT2D eigenvalue weighted by Gasteiger charge is -2.01. The summed E-state index contributed by atoms with van der Waals surface area (Å²) in [6.45, 7) is 2.98. The van der Waals surface area contributed by atoms with E-state index in [0.717, 1.165) is 11.3 Å². The third kappa shape index (κ3) is 3.51. The second-order valence-corrected chi connectivity index (χ2v) is 5.90. The number of imide groups is 1. The van der Waals surface area contributed by atoms with E-state index in [-0.39, 0.29) is 0 Å². The van der Waals surface area contributed by atoms with Crippen molar-refractivity contribution in [3.63, 3.8) is 0 Å². The fourth-order valence-electron chi connectivity index (χ4n) is 2.73. The number of aromatic nitrogens is 2. The van der Waals surface area contributed by atoms with Crippen LogP contribution in [0.4, 0.5) is 10.8 Å². The Kier molecular flexibility index (Phi) is 4.31. The summed E-state index contributed by atoms with van der Waals surface area (Å²) in [5.74, 6) is 0.901. The van der Waals surface area contributed by atoms with Crippen molar-refractivity contribution in [2.24, 2.45) is 4.99 Å². The molecule has 0 saturated carbocycles. The largest absolute Gasteiger partial charge is 0.458 e. The zero-order valence-corrected chi connectivity index (χ0v) is 14.4. The van der Waals surface area contributed by atoms with E-state index in [4.69, 9.17) is 8.83 Å². The molecule has 0 aromatic carbocycles. The standard InChI is InChI=1S/C17H16N6O4/c1-2-18-17-23-22-13(27-17)7-10-4-3-5-11-9(8-19-10)6-12(26-11)14-15(24)21-16(25)20-14/h4-6,14H,2,7-8H2,1H3,(H,18,23)(H2,20,21,24,25). The molecule has 1 saturated heterocycles. The second-order valence-electron chi connectivity index (χ2n) is 5.90. The van der Waals surface area contributed by atoms with E-state index in [1.807, 2.05) is 6.92 Å². The zero-order valence-electron chi connectivity index (χ0n) is 14.4. The van der Waals surface area contributed by atoms with Crippen molar-refractivity contribution in [3.05, 3.63) is 40.8 Å². The Morgan fingerprint density at radius 1 is 1.30 bits per heavy atom. The summed E-state index contributed by atoms with van der Waals surface area (Å²) in [5.41, 5.74) is 4.51. The number of aliphatic imine (C=N–C) groups is 1. The molecule has 0 bridgehead atoms. The third-order valence-electron chi connectivity index (χ3n) is 3.96. The first kappa shape index (κ1) is 16.8. The van der Waals surface area contributed by atoms with Gasteiger partial charge in [0, 0.05) is 24.3 Å². The average Bonchev–Trinajstić information content (AvgIpc) is 3.30. The third-order valence-corrected chi connectivity index (χ3v) is 3.96. The summed E-state index contributed by atoms with van der Waals surface area (Å²) in [4.78, 5) is 27.6. The van der Waals surface area contributed by atoms with Crippen LogP contribution in [0.25, 0.3) is 6.08 Å². The summed E-state index contributed by atoms with van der Waals surface area (Å²) >= 11 is 0. The summed E-state index contributed by atoms with van der Waals surface area (Å²) in [7, 11) is 0. The van der Waals surface area contributed by atoms with E-state index in [9.17, 15) is 9.59 Å². The van der Waals surface area contributed by atoms with Crippen LogP contribution in [0.3, 0.4) is 0 Å². The second kappa shape index (κ2) is 6.93. The first-order valence-electron chi connectivity index (χ1n) is 8.38. The van der Waals surface area contributed by atoms with E-state index < -0.39 is 18.0 Å². The quantitative estimate of drug-likeness (QED) is 0.535. The van der Waals surface area contributed by atoms with Crippen molar-refractivity contribution < 1.29 is 18.4 Å². The van der Waals surface area contributed by atoms with E-state index in [0.29, 0.717) is 42.9 Å². The van der Waals surface area contributed by atoms with Gasteiger partial charge in [-0.15, -0.1) is 10.8 Å². The molecule has 0 spiro atoms. The highest BCUT2D eigenvalue weighted by atomic mass is 16.4. The number of rotatable bonds is 5. The number of nitrogens with zero attached hydrogens (tertiary/aromatic N) is 3. The smallest absolute Gasteiger partial charge is 0.322 e. The van der Waals surface area contributed by atoms with Crippen LogP contribution in [0.1, 0.15) is 35.9 Å². The lowest BCUT2D eigenvalue weighted by Crippen LogP contribution is -2.22. The normalized spacial score (nSPS) is 18.4. The van der Waals surface area contributed by atoms with Gasteiger partial charge >= 0.3 is 12.0 Å². The molecule has 0 radical (unpaired) electrons. The maximum atomic E-state index is 11.8. The van der Waals surface area contributed by atoms with Crippen molar-refractivity contribution in [3.8, 4) is 0 Å². The highest BCUT2D eigenvalue weighted by Crippen LogP contribution is 2.25. The molecule has 3 amide bonds. The number of amides is 3. The summed E-state index contributed by atoms with van der Waals surface area (Å²) < 4.78 is 11.2. The molecule has 2 aliphatic heterocycles. The number of allylic oxidation sites excluding steroid dienone is 1. The number of carbonyl (C=O) groups is 2. The van der Waals surface area contributed by atoms with Gasteiger partial charge in [-0.1, -0.05) is 5.10 Å². The molecule has 2 aromatic rings. The minimum Gasteiger partial charge on any atom is -0.458 e. The fourth-order valence-corrected chi connectivity index (χ4v) is 2.73. The number of anilines is 1. The minimum atomic E-state index is -0.838. The molecule has 10 heteroatoms. The summed E-state index contributed by atoms with van der Waals surface area (Å²) in [6, 6.07) is 0.707. The van der Waals surface area contributed by atoms with Gasteiger partial charge in [0.15, 0.2) is 6.04 Å². The first-order valence-corrected chi connectivity index (χ1v) is 8.38. The van der Waals surface area contributed by atoms with Gasteiger partial charge in [0.05, 0.1) is 18.7 Å². The Morgan fingerprint density at radius 3 is 2.96 bits per heavy atom. The predicted molar refractivity (Wildman–Crippen MR) is 94.0 cm³/mol. The molecule has 4 rings (SSSR count). The number of furan rings is 1. The number of carbonyl (C=O) groups excluding carboxylic acids is 2. The van der Waals surface area contributed by atoms with Gasteiger partial charge in [-0.25, -0.2) is 4.79 Å². The predicted octanol–water partition coefficient (Wildman–Crippen LogP) is 1.34. The van der Waals surface area contributed by atoms with E-state index >= 15 is 0 Å². The summed E-state index contributed by atoms with van der Waals surface area (Å²) in [5, 5.41) is 15.5. The van der Waals surface area contributed by atoms with Crippen molar-refractivity contribution in [1.82, 2.24) is 20.8 Å². The SMILES string of the molecule is CCNc1nnc(CC2=NCc3cc(C4NC(=O)NC4=O)oc3C=C=C2)o1. The molecule has 2 aromatic heterocycles. The van der Waals surface area contributed by atoms with Gasteiger partial charge in [-0.3, -0.25) is 15.1 Å². The molecule has 2 aliphatic rings. The maximum Gasteiger partial charge on any atom is 0.322 e. The van der Waals surface area contributed by atoms with Crippen molar-refractivity contribution in [2.45, 2.75) is 25.9 Å². The van der Waals surface area contributed by atoms with Crippen LogP contribution >= 0.6 is 0 Å². The number of hydrogen-bond acceptors (Lipinski definition) is 8. The van der Waals surface area contributed by atoms with Crippen molar-refractivity contribution >= 4 is 29.7 Å². The first-order chi connectivity index (χ1) is 13.1. The van der Waals surface area contributed by atoms with E-state index in [2.05, 4.69) is 36.9 Å². The van der Waals surface area contributed by atoms with Crippen LogP contribution < -0.4 is 16.0 Å². The van der Waals surface area contributed by atoms with Gasteiger partial charge in [-0.05, 0) is 13.0 Å². The Labute approximate surface area is 153 Å². The van der Waals surface area contributed by atoms with Crippen molar-refractivity contribution in [2.75, 3.05) is 11.9 Å². The molecule has 1 unspecified atom stereocenters. The highest BCUT2D eigenvalue weighted by Gasteiger charge is 2.34. The lowest BCUT2D eigenvalue weighted by molar-refractivity contribution is -0.120. The van der Waals surface area contributed by atoms with Crippen LogP contribution in [0.2, 0.25) is 0 Å². The maximum absolute atomic E-state index is 11.8. The Bertz CT molecular complexity index is 995. The molecule has 27 heavy (non-hydrogen) atoms. The Morgan fingerprint density at radius 2 is 2.19 bits per heavy atom. The van der Waals surface area contributed by atoms with Gasteiger partial charge in [0.1, 0.15) is 11.5 Å². The van der Waals surface area contributed by atoms with Crippen LogP contribution in [-0.4, -0.2) is 34.4 Å². The number of nitrogens with one attached hydrogen (secondary N) is 3. The molecule has 138 valence electrons. The average molecular weight is 368 g/mol. The van der Waals surface area contributed by atoms with Crippen LogP contribution in [0.5, 0.6) is 0 Å². The van der Waals surface area contributed by atoms with E-state index in [1.165, 1.54) is 0 Å². The number of hydrogen-bond donors (Lipinski definition) is 3. The zero-order chi connectivity index (χ0) is 18.8. The molecule has 4 heterocycles. The number of fused-ring (bicyclic) bond motifs is 1. The molecule has 10 nitrogen and oxygen atoms in total. The van der Waals surface area contributed by atoms with Crippen molar-refractivity contribution in [1.29, 1.82) is 0 Å². The molecule has 0 aliphatic carbocycles. The topological polar surface area (TPSA) is 135 Å². The molecule has 3 N–H and O–H groups in total. The molecular weight excluding hydrogens is 352 g/mol.